The Morgan fingerprint density at radius 1 is 1.29 bits per heavy atom. The van der Waals surface area contributed by atoms with Gasteiger partial charge in [-0.1, -0.05) is 18.6 Å². The van der Waals surface area contributed by atoms with Crippen LogP contribution in [0.3, 0.4) is 0 Å². The molecule has 0 unspecified atom stereocenters. The first kappa shape index (κ1) is 16.4. The topological polar surface area (TPSA) is 70.5 Å². The second kappa shape index (κ2) is 6.59. The van der Waals surface area contributed by atoms with Gasteiger partial charge >= 0.3 is 5.97 Å². The molecule has 1 aliphatic rings. The van der Waals surface area contributed by atoms with Crippen molar-refractivity contribution in [3.05, 3.63) is 41.1 Å². The molecule has 126 valence electrons. The quantitative estimate of drug-likeness (QED) is 0.883. The Bertz CT molecular complexity index is 797. The molecule has 5 nitrogen and oxygen atoms in total. The molecule has 1 N–H and O–H groups in total. The number of aromatic nitrogens is 1. The number of nitrogens with zero attached hydrogens (tertiary/aromatic N) is 2. The Balaban J connectivity index is 2.09. The number of carbonyl (C=O) groups excluding carboxylic acids is 1. The van der Waals surface area contributed by atoms with Crippen molar-refractivity contribution in [1.29, 1.82) is 0 Å². The number of aliphatic carboxylic acids is 1. The average Bonchev–Trinajstić information content (AvgIpc) is 3.37. The SMILES string of the molecule is CCCN(CC(=O)O)C(=O)c1cc(C2CC2)nc2ccc(C)cc12. The number of rotatable bonds is 6. The standard InChI is InChI=1S/C19H22N2O3/c1-3-8-21(11-18(22)23)19(24)15-10-17(13-5-6-13)20-16-7-4-12(2)9-14(15)16/h4,7,9-10,13H,3,5-6,8,11H2,1-2H3,(H,22,23). The third kappa shape index (κ3) is 3.40. The van der Waals surface area contributed by atoms with Gasteiger partial charge in [0.25, 0.3) is 5.91 Å². The number of fused-ring (bicyclic) bond motifs is 1. The Labute approximate surface area is 141 Å². The molecule has 0 spiro atoms. The molecular weight excluding hydrogens is 304 g/mol. The van der Waals surface area contributed by atoms with Crippen LogP contribution in [0.4, 0.5) is 0 Å². The van der Waals surface area contributed by atoms with E-state index in [9.17, 15) is 9.59 Å². The van der Waals surface area contributed by atoms with Crippen LogP contribution in [-0.2, 0) is 4.79 Å². The summed E-state index contributed by atoms with van der Waals surface area (Å²) in [7, 11) is 0. The van der Waals surface area contributed by atoms with Crippen molar-refractivity contribution in [3.8, 4) is 0 Å². The molecule has 1 saturated carbocycles. The van der Waals surface area contributed by atoms with Crippen molar-refractivity contribution in [2.24, 2.45) is 0 Å². The fourth-order valence-electron chi connectivity index (χ4n) is 2.98. The zero-order valence-corrected chi connectivity index (χ0v) is 14.1. The molecule has 0 radical (unpaired) electrons. The van der Waals surface area contributed by atoms with Crippen LogP contribution in [0.15, 0.2) is 24.3 Å². The van der Waals surface area contributed by atoms with Gasteiger partial charge in [0, 0.05) is 23.5 Å². The molecule has 2 aromatic rings. The van der Waals surface area contributed by atoms with Crippen molar-refractivity contribution in [2.45, 2.75) is 39.0 Å². The minimum Gasteiger partial charge on any atom is -0.480 e. The van der Waals surface area contributed by atoms with Gasteiger partial charge in [0.2, 0.25) is 0 Å². The monoisotopic (exact) mass is 326 g/mol. The highest BCUT2D eigenvalue weighted by molar-refractivity contribution is 6.07. The molecule has 0 aliphatic heterocycles. The Morgan fingerprint density at radius 3 is 2.67 bits per heavy atom. The Hall–Kier alpha value is -2.43. The highest BCUT2D eigenvalue weighted by atomic mass is 16.4. The number of hydrogen-bond acceptors (Lipinski definition) is 3. The van der Waals surface area contributed by atoms with Gasteiger partial charge in [-0.25, -0.2) is 0 Å². The van der Waals surface area contributed by atoms with Crippen molar-refractivity contribution in [3.63, 3.8) is 0 Å². The van der Waals surface area contributed by atoms with Crippen LogP contribution in [0.25, 0.3) is 10.9 Å². The lowest BCUT2D eigenvalue weighted by molar-refractivity contribution is -0.137. The molecule has 1 aromatic carbocycles. The number of hydrogen-bond donors (Lipinski definition) is 1. The summed E-state index contributed by atoms with van der Waals surface area (Å²) in [6.07, 6.45) is 2.92. The second-order valence-electron chi connectivity index (χ2n) is 6.51. The van der Waals surface area contributed by atoms with E-state index in [2.05, 4.69) is 0 Å². The summed E-state index contributed by atoms with van der Waals surface area (Å²) in [6, 6.07) is 7.75. The van der Waals surface area contributed by atoms with Gasteiger partial charge in [0.15, 0.2) is 0 Å². The fraction of sp³-hybridized carbons (Fsp3) is 0.421. The molecule has 24 heavy (non-hydrogen) atoms. The molecule has 0 bridgehead atoms. The average molecular weight is 326 g/mol. The van der Waals surface area contributed by atoms with Crippen molar-refractivity contribution >= 4 is 22.8 Å². The van der Waals surface area contributed by atoms with Gasteiger partial charge in [-0.2, -0.15) is 0 Å². The normalized spacial score (nSPS) is 13.9. The minimum absolute atomic E-state index is 0.223. The minimum atomic E-state index is -0.992. The number of aryl methyl sites for hydroxylation is 1. The van der Waals surface area contributed by atoms with Crippen LogP contribution in [0.5, 0.6) is 0 Å². The molecule has 3 rings (SSSR count). The van der Waals surface area contributed by atoms with Crippen molar-refractivity contribution in [1.82, 2.24) is 9.88 Å². The third-order valence-electron chi connectivity index (χ3n) is 4.32. The molecule has 0 atom stereocenters. The predicted molar refractivity (Wildman–Crippen MR) is 92.3 cm³/mol. The summed E-state index contributed by atoms with van der Waals surface area (Å²) in [5, 5.41) is 9.91. The predicted octanol–water partition coefficient (Wildman–Crippen LogP) is 3.36. The highest BCUT2D eigenvalue weighted by Crippen LogP contribution is 2.40. The summed E-state index contributed by atoms with van der Waals surface area (Å²) < 4.78 is 0. The van der Waals surface area contributed by atoms with Crippen LogP contribution in [0.1, 0.15) is 53.7 Å². The maximum absolute atomic E-state index is 13.0. The van der Waals surface area contributed by atoms with E-state index >= 15 is 0 Å². The molecule has 1 aliphatic carbocycles. The van der Waals surface area contributed by atoms with Gasteiger partial charge in [0.05, 0.1) is 11.1 Å². The van der Waals surface area contributed by atoms with E-state index in [1.165, 1.54) is 4.90 Å². The maximum Gasteiger partial charge on any atom is 0.323 e. The van der Waals surface area contributed by atoms with Gasteiger partial charge < -0.3 is 10.0 Å². The lowest BCUT2D eigenvalue weighted by Gasteiger charge is -2.21. The second-order valence-corrected chi connectivity index (χ2v) is 6.51. The first-order chi connectivity index (χ1) is 11.5. The van der Waals surface area contributed by atoms with Gasteiger partial charge in [0.1, 0.15) is 6.54 Å². The highest BCUT2D eigenvalue weighted by Gasteiger charge is 2.28. The summed E-state index contributed by atoms with van der Waals surface area (Å²) >= 11 is 0. The molecule has 0 saturated heterocycles. The molecule has 1 fully saturated rings. The zero-order chi connectivity index (χ0) is 17.3. The summed E-state index contributed by atoms with van der Waals surface area (Å²) in [5.41, 5.74) is 3.37. The van der Waals surface area contributed by atoms with Crippen LogP contribution in [0, 0.1) is 6.92 Å². The van der Waals surface area contributed by atoms with Crippen LogP contribution < -0.4 is 0 Å². The Morgan fingerprint density at radius 2 is 2.04 bits per heavy atom. The number of pyridine rings is 1. The van der Waals surface area contributed by atoms with Gasteiger partial charge in [-0.05, 0) is 44.4 Å². The Kier molecular flexibility index (Phi) is 4.51. The molecule has 5 heteroatoms. The van der Waals surface area contributed by atoms with Crippen LogP contribution in [0.2, 0.25) is 0 Å². The summed E-state index contributed by atoms with van der Waals surface area (Å²) in [5.74, 6) is -0.783. The maximum atomic E-state index is 13.0. The number of carboxylic acids is 1. The van der Waals surface area contributed by atoms with E-state index in [4.69, 9.17) is 10.1 Å². The van der Waals surface area contributed by atoms with Gasteiger partial charge in [-0.15, -0.1) is 0 Å². The lowest BCUT2D eigenvalue weighted by Crippen LogP contribution is -2.36. The number of carboxylic acid groups (broad SMARTS) is 1. The van der Waals surface area contributed by atoms with E-state index in [0.717, 1.165) is 41.4 Å². The third-order valence-corrected chi connectivity index (χ3v) is 4.32. The van der Waals surface area contributed by atoms with E-state index < -0.39 is 5.97 Å². The summed E-state index contributed by atoms with van der Waals surface area (Å²) in [4.78, 5) is 30.3. The van der Waals surface area contributed by atoms with E-state index in [0.29, 0.717) is 18.0 Å². The summed E-state index contributed by atoms with van der Waals surface area (Å²) in [6.45, 7) is 4.07. The molecule has 1 aromatic heterocycles. The fourth-order valence-corrected chi connectivity index (χ4v) is 2.98. The van der Waals surface area contributed by atoms with E-state index in [1.807, 2.05) is 38.1 Å². The van der Waals surface area contributed by atoms with E-state index in [-0.39, 0.29) is 12.5 Å². The van der Waals surface area contributed by atoms with E-state index in [1.54, 1.807) is 0 Å². The van der Waals surface area contributed by atoms with Gasteiger partial charge in [-0.3, -0.25) is 14.6 Å². The number of amides is 1. The van der Waals surface area contributed by atoms with Crippen molar-refractivity contribution in [2.75, 3.05) is 13.1 Å². The van der Waals surface area contributed by atoms with Crippen molar-refractivity contribution < 1.29 is 14.7 Å². The van der Waals surface area contributed by atoms with Crippen LogP contribution in [-0.4, -0.2) is 40.0 Å². The molecular formula is C19H22N2O3. The largest absolute Gasteiger partial charge is 0.480 e. The zero-order valence-electron chi connectivity index (χ0n) is 14.1. The first-order valence-electron chi connectivity index (χ1n) is 8.42. The van der Waals surface area contributed by atoms with Crippen LogP contribution >= 0.6 is 0 Å². The first-order valence-corrected chi connectivity index (χ1v) is 8.42. The number of carbonyl (C=O) groups is 2. The lowest BCUT2D eigenvalue weighted by atomic mass is 10.0. The smallest absolute Gasteiger partial charge is 0.323 e. The molecule has 1 heterocycles. The molecule has 1 amide bonds. The number of benzene rings is 1.